The molecule has 0 aromatic heterocycles. The lowest BCUT2D eigenvalue weighted by molar-refractivity contribution is -0.387. The zero-order valence-electron chi connectivity index (χ0n) is 7.21. The second-order valence-corrected chi connectivity index (χ2v) is 3.20. The fourth-order valence-electron chi connectivity index (χ4n) is 0.990. The van der Waals surface area contributed by atoms with Gasteiger partial charge < -0.3 is 5.11 Å². The summed E-state index contributed by atoms with van der Waals surface area (Å²) in [6.07, 6.45) is 0. The third kappa shape index (κ3) is 2.24. The lowest BCUT2D eigenvalue weighted by atomic mass is 10.2. The number of thioether (sulfide) groups is 1. The number of carbonyl (C=O) groups is 1. The maximum absolute atomic E-state index is 10.7. The van der Waals surface area contributed by atoms with E-state index in [-0.39, 0.29) is 16.1 Å². The molecule has 0 amide bonds. The molecular weight excluding hydrogens is 220 g/mol. The summed E-state index contributed by atoms with van der Waals surface area (Å²) in [5, 5.41) is 29.4. The Morgan fingerprint density at radius 2 is 2.27 bits per heavy atom. The maximum atomic E-state index is 10.7. The summed E-state index contributed by atoms with van der Waals surface area (Å²) in [5.74, 6) is -1.29. The summed E-state index contributed by atoms with van der Waals surface area (Å²) in [7, 11) is 0. The van der Waals surface area contributed by atoms with Crippen molar-refractivity contribution in [1.82, 2.24) is 0 Å². The first-order valence-electron chi connectivity index (χ1n) is 3.64. The molecule has 15 heavy (non-hydrogen) atoms. The number of benzene rings is 1. The molecule has 0 fully saturated rings. The summed E-state index contributed by atoms with van der Waals surface area (Å²) in [6, 6.07) is 3.64. The number of nitro groups is 1. The van der Waals surface area contributed by atoms with Gasteiger partial charge in [0.1, 0.15) is 10.3 Å². The van der Waals surface area contributed by atoms with Crippen molar-refractivity contribution in [1.29, 1.82) is 5.26 Å². The van der Waals surface area contributed by atoms with Gasteiger partial charge in [0.15, 0.2) is 0 Å². The molecule has 0 saturated carbocycles. The Morgan fingerprint density at radius 1 is 1.60 bits per heavy atom. The van der Waals surface area contributed by atoms with E-state index in [2.05, 4.69) is 0 Å². The van der Waals surface area contributed by atoms with Crippen molar-refractivity contribution in [2.75, 3.05) is 0 Å². The van der Waals surface area contributed by atoms with Gasteiger partial charge in [0.2, 0.25) is 0 Å². The van der Waals surface area contributed by atoms with Crippen molar-refractivity contribution in [3.05, 3.63) is 33.9 Å². The minimum atomic E-state index is -1.29. The molecule has 76 valence electrons. The fourth-order valence-corrected chi connectivity index (χ4v) is 1.59. The molecule has 0 aliphatic heterocycles. The first-order chi connectivity index (χ1) is 7.07. The second kappa shape index (κ2) is 4.43. The molecule has 0 radical (unpaired) electrons. The Bertz CT molecular complexity index is 434. The van der Waals surface area contributed by atoms with Gasteiger partial charge in [-0.25, -0.2) is 4.79 Å². The summed E-state index contributed by atoms with van der Waals surface area (Å²) in [4.78, 5) is 20.4. The number of nitro benzene ring substituents is 1. The van der Waals surface area contributed by atoms with Gasteiger partial charge in [0.25, 0.3) is 5.69 Å². The van der Waals surface area contributed by atoms with E-state index < -0.39 is 10.9 Å². The Morgan fingerprint density at radius 3 is 2.73 bits per heavy atom. The van der Waals surface area contributed by atoms with E-state index in [1.807, 2.05) is 0 Å². The minimum Gasteiger partial charge on any atom is -0.478 e. The highest BCUT2D eigenvalue weighted by Crippen LogP contribution is 2.31. The van der Waals surface area contributed by atoms with Crippen molar-refractivity contribution in [3.63, 3.8) is 0 Å². The standard InChI is InChI=1S/C8H4N2O4S/c9-4-15-7-5(8(11)12)2-1-3-6(7)10(13)14/h1-3H,(H,11,12). The first kappa shape index (κ1) is 11.0. The van der Waals surface area contributed by atoms with Gasteiger partial charge in [-0.05, 0) is 17.8 Å². The zero-order chi connectivity index (χ0) is 11.4. The van der Waals surface area contributed by atoms with Crippen molar-refractivity contribution < 1.29 is 14.8 Å². The topological polar surface area (TPSA) is 104 Å². The van der Waals surface area contributed by atoms with E-state index in [1.54, 1.807) is 5.40 Å². The van der Waals surface area contributed by atoms with Crippen molar-refractivity contribution >= 4 is 23.4 Å². The predicted octanol–water partition coefficient (Wildman–Crippen LogP) is 1.87. The number of rotatable bonds is 3. The number of carboxylic acid groups (broad SMARTS) is 1. The molecule has 0 heterocycles. The number of nitrogens with zero attached hydrogens (tertiary/aromatic N) is 2. The molecular formula is C8H4N2O4S. The number of nitriles is 1. The SMILES string of the molecule is N#CSc1c(C(=O)O)cccc1[N+](=O)[O-]. The van der Waals surface area contributed by atoms with Crippen LogP contribution in [0.25, 0.3) is 0 Å². The molecule has 0 atom stereocenters. The maximum Gasteiger partial charge on any atom is 0.337 e. The third-order valence-corrected chi connectivity index (χ3v) is 2.29. The summed E-state index contributed by atoms with van der Waals surface area (Å²) < 4.78 is 0. The quantitative estimate of drug-likeness (QED) is 0.363. The Hall–Kier alpha value is -2.07. The van der Waals surface area contributed by atoms with Crippen molar-refractivity contribution in [2.24, 2.45) is 0 Å². The van der Waals surface area contributed by atoms with Crippen molar-refractivity contribution in [3.8, 4) is 5.40 Å². The van der Waals surface area contributed by atoms with Gasteiger partial charge in [-0.1, -0.05) is 6.07 Å². The summed E-state index contributed by atoms with van der Waals surface area (Å²) in [6.45, 7) is 0. The minimum absolute atomic E-state index is 0.141. The van der Waals surface area contributed by atoms with Crippen LogP contribution in [0.1, 0.15) is 10.4 Å². The average Bonchev–Trinajstić information content (AvgIpc) is 2.17. The lowest BCUT2D eigenvalue weighted by Gasteiger charge is -2.01. The zero-order valence-corrected chi connectivity index (χ0v) is 8.02. The molecule has 1 N–H and O–H groups in total. The van der Waals surface area contributed by atoms with Crippen LogP contribution in [-0.2, 0) is 0 Å². The molecule has 1 aromatic rings. The predicted molar refractivity (Wildman–Crippen MR) is 51.5 cm³/mol. The summed E-state index contributed by atoms with van der Waals surface area (Å²) >= 11 is 0.468. The van der Waals surface area contributed by atoms with E-state index in [4.69, 9.17) is 10.4 Å². The molecule has 0 aliphatic rings. The van der Waals surface area contributed by atoms with E-state index >= 15 is 0 Å². The van der Waals surface area contributed by atoms with Crippen LogP contribution in [0.4, 0.5) is 5.69 Å². The van der Waals surface area contributed by atoms with E-state index in [9.17, 15) is 14.9 Å². The third-order valence-electron chi connectivity index (χ3n) is 1.57. The summed E-state index contributed by atoms with van der Waals surface area (Å²) in [5.41, 5.74) is -0.614. The fraction of sp³-hybridized carbons (Fsp3) is 0. The molecule has 1 rings (SSSR count). The number of hydrogen-bond donors (Lipinski definition) is 1. The Labute approximate surface area is 88.3 Å². The van der Waals surface area contributed by atoms with E-state index in [0.717, 1.165) is 6.07 Å². The van der Waals surface area contributed by atoms with Gasteiger partial charge in [-0.2, -0.15) is 5.26 Å². The van der Waals surface area contributed by atoms with Crippen molar-refractivity contribution in [2.45, 2.75) is 4.90 Å². The number of hydrogen-bond acceptors (Lipinski definition) is 5. The van der Waals surface area contributed by atoms with Crippen LogP contribution < -0.4 is 0 Å². The number of thiocyanates is 1. The first-order valence-corrected chi connectivity index (χ1v) is 4.46. The molecule has 0 spiro atoms. The van der Waals surface area contributed by atoms with Crippen LogP contribution in [0.2, 0.25) is 0 Å². The van der Waals surface area contributed by atoms with Crippen LogP contribution in [0, 0.1) is 20.8 Å². The van der Waals surface area contributed by atoms with E-state index in [0.29, 0.717) is 11.8 Å². The van der Waals surface area contributed by atoms with Crippen LogP contribution in [0.3, 0.4) is 0 Å². The molecule has 7 heteroatoms. The van der Waals surface area contributed by atoms with Crippen LogP contribution in [0.5, 0.6) is 0 Å². The Balaban J connectivity index is 3.42. The highest BCUT2D eigenvalue weighted by molar-refractivity contribution is 8.04. The lowest BCUT2D eigenvalue weighted by Crippen LogP contribution is -2.01. The normalized spacial score (nSPS) is 9.27. The number of aromatic carboxylic acids is 1. The van der Waals surface area contributed by atoms with Crippen LogP contribution in [-0.4, -0.2) is 16.0 Å². The van der Waals surface area contributed by atoms with Gasteiger partial charge >= 0.3 is 5.97 Å². The monoisotopic (exact) mass is 224 g/mol. The highest BCUT2D eigenvalue weighted by atomic mass is 32.2. The van der Waals surface area contributed by atoms with Gasteiger partial charge in [0, 0.05) is 6.07 Å². The van der Waals surface area contributed by atoms with Crippen LogP contribution in [0.15, 0.2) is 23.1 Å². The van der Waals surface area contributed by atoms with Gasteiger partial charge in [-0.3, -0.25) is 10.1 Å². The second-order valence-electron chi connectivity index (χ2n) is 2.41. The van der Waals surface area contributed by atoms with Crippen LogP contribution >= 0.6 is 11.8 Å². The molecule has 1 aromatic carbocycles. The van der Waals surface area contributed by atoms with Gasteiger partial charge in [-0.15, -0.1) is 0 Å². The molecule has 0 bridgehead atoms. The highest BCUT2D eigenvalue weighted by Gasteiger charge is 2.21. The average molecular weight is 224 g/mol. The molecule has 0 aliphatic carbocycles. The number of carboxylic acids is 1. The molecule has 0 saturated heterocycles. The van der Waals surface area contributed by atoms with Gasteiger partial charge in [0.05, 0.1) is 10.5 Å². The molecule has 0 unspecified atom stereocenters. The van der Waals surface area contributed by atoms with E-state index in [1.165, 1.54) is 12.1 Å². The Kier molecular flexibility index (Phi) is 3.25. The smallest absolute Gasteiger partial charge is 0.337 e. The molecule has 6 nitrogen and oxygen atoms in total. The largest absolute Gasteiger partial charge is 0.478 e.